The predicted octanol–water partition coefficient (Wildman–Crippen LogP) is 3.75. The van der Waals surface area contributed by atoms with Gasteiger partial charge in [-0.05, 0) is 50.1 Å². The number of carbonyl (C=O) groups excluding carboxylic acids is 2. The number of methoxy groups -OCH3 is 1. The SMILES string of the molecule is COC(=O)c1nc2n(n1)C(c1ccc(F)cc1)C(C(=O)Nc1ccc(C)cc1C)=C(C)N2. The van der Waals surface area contributed by atoms with E-state index in [9.17, 15) is 14.0 Å². The molecule has 9 heteroatoms. The average Bonchev–Trinajstić information content (AvgIpc) is 3.18. The van der Waals surface area contributed by atoms with Gasteiger partial charge in [-0.15, -0.1) is 5.10 Å². The first-order valence-electron chi connectivity index (χ1n) is 9.95. The minimum absolute atomic E-state index is 0.147. The van der Waals surface area contributed by atoms with Crippen molar-refractivity contribution < 1.29 is 18.7 Å². The van der Waals surface area contributed by atoms with E-state index < -0.39 is 17.8 Å². The number of hydrogen-bond donors (Lipinski definition) is 2. The Morgan fingerprint density at radius 2 is 1.84 bits per heavy atom. The van der Waals surface area contributed by atoms with Crippen LogP contribution in [0.3, 0.4) is 0 Å². The van der Waals surface area contributed by atoms with Crippen LogP contribution in [0, 0.1) is 19.7 Å². The Morgan fingerprint density at radius 3 is 2.50 bits per heavy atom. The van der Waals surface area contributed by atoms with Crippen molar-refractivity contribution in [3.63, 3.8) is 0 Å². The first-order valence-corrected chi connectivity index (χ1v) is 9.95. The number of fused-ring (bicyclic) bond motifs is 1. The lowest BCUT2D eigenvalue weighted by atomic mass is 9.95. The van der Waals surface area contributed by atoms with Gasteiger partial charge in [0, 0.05) is 11.4 Å². The van der Waals surface area contributed by atoms with Gasteiger partial charge in [0.25, 0.3) is 11.7 Å². The molecule has 0 saturated carbocycles. The summed E-state index contributed by atoms with van der Waals surface area (Å²) in [6.45, 7) is 5.63. The molecule has 2 aromatic carbocycles. The van der Waals surface area contributed by atoms with Crippen LogP contribution in [0.25, 0.3) is 0 Å². The Kier molecular flexibility index (Phi) is 5.48. The van der Waals surface area contributed by atoms with Crippen molar-refractivity contribution in [3.8, 4) is 0 Å². The first kappa shape index (κ1) is 21.2. The summed E-state index contributed by atoms with van der Waals surface area (Å²) in [5.41, 5.74) is 4.21. The molecule has 0 radical (unpaired) electrons. The van der Waals surface area contributed by atoms with Crippen LogP contribution >= 0.6 is 0 Å². The van der Waals surface area contributed by atoms with Crippen molar-refractivity contribution in [3.05, 3.63) is 82.1 Å². The summed E-state index contributed by atoms with van der Waals surface area (Å²) in [4.78, 5) is 29.6. The lowest BCUT2D eigenvalue weighted by Gasteiger charge is -2.28. The largest absolute Gasteiger partial charge is 0.463 e. The van der Waals surface area contributed by atoms with Crippen LogP contribution in [0.5, 0.6) is 0 Å². The maximum atomic E-state index is 13.6. The molecule has 3 aromatic rings. The first-order chi connectivity index (χ1) is 15.3. The average molecular weight is 435 g/mol. The number of hydrogen-bond acceptors (Lipinski definition) is 6. The molecule has 1 amide bonds. The highest BCUT2D eigenvalue weighted by Gasteiger charge is 2.35. The molecule has 1 unspecified atom stereocenters. The van der Waals surface area contributed by atoms with Crippen molar-refractivity contribution in [2.75, 3.05) is 17.7 Å². The zero-order valence-corrected chi connectivity index (χ0v) is 18.1. The minimum Gasteiger partial charge on any atom is -0.463 e. The van der Waals surface area contributed by atoms with Crippen molar-refractivity contribution in [2.24, 2.45) is 0 Å². The topological polar surface area (TPSA) is 98.1 Å². The second kappa shape index (κ2) is 8.26. The van der Waals surface area contributed by atoms with Gasteiger partial charge < -0.3 is 15.4 Å². The highest BCUT2D eigenvalue weighted by atomic mass is 19.1. The molecule has 2 heterocycles. The van der Waals surface area contributed by atoms with Gasteiger partial charge in [-0.3, -0.25) is 4.79 Å². The highest BCUT2D eigenvalue weighted by molar-refractivity contribution is 6.06. The van der Waals surface area contributed by atoms with Crippen molar-refractivity contribution >= 4 is 23.5 Å². The van der Waals surface area contributed by atoms with Gasteiger partial charge in [0.1, 0.15) is 11.9 Å². The van der Waals surface area contributed by atoms with E-state index in [2.05, 4.69) is 20.7 Å². The number of amides is 1. The van der Waals surface area contributed by atoms with E-state index in [0.29, 0.717) is 22.5 Å². The van der Waals surface area contributed by atoms with Gasteiger partial charge in [0.05, 0.1) is 12.7 Å². The summed E-state index contributed by atoms with van der Waals surface area (Å²) < 4.78 is 19.8. The van der Waals surface area contributed by atoms with Crippen molar-refractivity contribution in [1.29, 1.82) is 0 Å². The molecule has 0 fully saturated rings. The molecule has 0 aliphatic carbocycles. The van der Waals surface area contributed by atoms with E-state index >= 15 is 0 Å². The number of ether oxygens (including phenoxy) is 1. The Hall–Kier alpha value is -4.01. The van der Waals surface area contributed by atoms with Crippen LogP contribution < -0.4 is 10.6 Å². The number of nitrogens with one attached hydrogen (secondary N) is 2. The molecule has 0 spiro atoms. The van der Waals surface area contributed by atoms with E-state index in [1.54, 1.807) is 19.1 Å². The lowest BCUT2D eigenvalue weighted by molar-refractivity contribution is -0.113. The van der Waals surface area contributed by atoms with Gasteiger partial charge in [0.15, 0.2) is 0 Å². The van der Waals surface area contributed by atoms with Crippen LogP contribution in [-0.4, -0.2) is 33.8 Å². The quantitative estimate of drug-likeness (QED) is 0.606. The maximum Gasteiger partial charge on any atom is 0.378 e. The summed E-state index contributed by atoms with van der Waals surface area (Å²) in [6, 6.07) is 10.8. The van der Waals surface area contributed by atoms with Gasteiger partial charge in [-0.25, -0.2) is 13.9 Å². The van der Waals surface area contributed by atoms with Crippen molar-refractivity contribution in [1.82, 2.24) is 14.8 Å². The van der Waals surface area contributed by atoms with Crippen molar-refractivity contribution in [2.45, 2.75) is 26.8 Å². The van der Waals surface area contributed by atoms with Crippen LogP contribution in [0.2, 0.25) is 0 Å². The lowest BCUT2D eigenvalue weighted by Crippen LogP contribution is -2.31. The van der Waals surface area contributed by atoms with Gasteiger partial charge >= 0.3 is 5.97 Å². The predicted molar refractivity (Wildman–Crippen MR) is 117 cm³/mol. The van der Waals surface area contributed by atoms with Crippen LogP contribution in [0.1, 0.15) is 40.3 Å². The fourth-order valence-electron chi connectivity index (χ4n) is 3.72. The number of aromatic nitrogens is 3. The monoisotopic (exact) mass is 435 g/mol. The number of nitrogens with zero attached hydrogens (tertiary/aromatic N) is 3. The molecule has 1 atom stereocenters. The molecule has 0 bridgehead atoms. The molecule has 1 aromatic heterocycles. The zero-order chi connectivity index (χ0) is 23.0. The Labute approximate surface area is 184 Å². The van der Waals surface area contributed by atoms with Crippen LogP contribution in [0.4, 0.5) is 16.0 Å². The fraction of sp³-hybridized carbons (Fsp3) is 0.217. The molecule has 2 N–H and O–H groups in total. The van der Waals surface area contributed by atoms with Crippen LogP contribution in [0.15, 0.2) is 53.7 Å². The molecular weight excluding hydrogens is 413 g/mol. The number of esters is 1. The third-order valence-electron chi connectivity index (χ3n) is 5.28. The van der Waals surface area contributed by atoms with Gasteiger partial charge in [0.2, 0.25) is 5.95 Å². The number of allylic oxidation sites excluding steroid dienone is 1. The second-order valence-electron chi connectivity index (χ2n) is 7.59. The number of carbonyl (C=O) groups is 2. The highest BCUT2D eigenvalue weighted by Crippen LogP contribution is 2.36. The molecular formula is C23H22FN5O3. The molecule has 32 heavy (non-hydrogen) atoms. The van der Waals surface area contributed by atoms with E-state index in [1.165, 1.54) is 23.9 Å². The minimum atomic E-state index is -0.733. The number of anilines is 2. The molecule has 4 rings (SSSR count). The molecule has 8 nitrogen and oxygen atoms in total. The summed E-state index contributed by atoms with van der Waals surface area (Å²) in [5.74, 6) is -1.33. The molecule has 164 valence electrons. The molecule has 1 aliphatic heterocycles. The zero-order valence-electron chi connectivity index (χ0n) is 18.1. The third kappa shape index (κ3) is 3.84. The third-order valence-corrected chi connectivity index (χ3v) is 5.28. The van der Waals surface area contributed by atoms with E-state index in [1.807, 2.05) is 32.0 Å². The van der Waals surface area contributed by atoms with Gasteiger partial charge in [-0.1, -0.05) is 29.8 Å². The number of rotatable bonds is 4. The Morgan fingerprint density at radius 1 is 1.12 bits per heavy atom. The molecule has 1 aliphatic rings. The van der Waals surface area contributed by atoms with Gasteiger partial charge in [-0.2, -0.15) is 4.98 Å². The normalized spacial score (nSPS) is 15.1. The summed E-state index contributed by atoms with van der Waals surface area (Å²) >= 11 is 0. The Bertz CT molecular complexity index is 1250. The summed E-state index contributed by atoms with van der Waals surface area (Å²) in [7, 11) is 1.24. The van der Waals surface area contributed by atoms with E-state index in [0.717, 1.165) is 11.1 Å². The maximum absolute atomic E-state index is 13.6. The number of benzene rings is 2. The second-order valence-corrected chi connectivity index (χ2v) is 7.59. The summed E-state index contributed by atoms with van der Waals surface area (Å²) in [6.07, 6.45) is 0. The van der Waals surface area contributed by atoms with E-state index in [4.69, 9.17) is 4.74 Å². The standard InChI is InChI=1S/C23H22FN5O3/c1-12-5-10-17(13(2)11-12)26-21(30)18-14(3)25-23-27-20(22(31)32-4)28-29(23)19(18)15-6-8-16(24)9-7-15/h5-11,19H,1-4H3,(H,26,30)(H,25,27,28). The Balaban J connectivity index is 1.80. The molecule has 0 saturated heterocycles. The van der Waals surface area contributed by atoms with E-state index in [-0.39, 0.29) is 17.7 Å². The van der Waals surface area contributed by atoms with Crippen LogP contribution in [-0.2, 0) is 9.53 Å². The summed E-state index contributed by atoms with van der Waals surface area (Å²) in [5, 5.41) is 10.3. The number of aryl methyl sites for hydroxylation is 2. The number of halogens is 1. The smallest absolute Gasteiger partial charge is 0.378 e. The fourth-order valence-corrected chi connectivity index (χ4v) is 3.72.